The van der Waals surface area contributed by atoms with Crippen molar-refractivity contribution in [1.82, 2.24) is 19.9 Å². The van der Waals surface area contributed by atoms with Crippen LogP contribution in [0.5, 0.6) is 0 Å². The summed E-state index contributed by atoms with van der Waals surface area (Å²) < 4.78 is 0. The molecule has 0 fully saturated rings. The van der Waals surface area contributed by atoms with Crippen molar-refractivity contribution in [3.05, 3.63) is 36.0 Å². The lowest BCUT2D eigenvalue weighted by Gasteiger charge is -2.07. The summed E-state index contributed by atoms with van der Waals surface area (Å²) in [4.78, 5) is 16.3. The number of rotatable bonds is 6. The van der Waals surface area contributed by atoms with E-state index in [1.54, 1.807) is 6.33 Å². The minimum absolute atomic E-state index is 0.705. The van der Waals surface area contributed by atoms with Crippen molar-refractivity contribution in [2.45, 2.75) is 33.6 Å². The van der Waals surface area contributed by atoms with Crippen molar-refractivity contribution in [2.24, 2.45) is 0 Å². The summed E-state index contributed by atoms with van der Waals surface area (Å²) in [7, 11) is 0. The molecule has 0 radical (unpaired) electrons. The maximum atomic E-state index is 4.58. The minimum atomic E-state index is 0.705. The van der Waals surface area contributed by atoms with Crippen LogP contribution < -0.4 is 5.32 Å². The van der Waals surface area contributed by atoms with E-state index in [0.29, 0.717) is 5.65 Å². The minimum Gasteiger partial charge on any atom is -0.365 e. The van der Waals surface area contributed by atoms with E-state index in [1.165, 1.54) is 5.57 Å². The van der Waals surface area contributed by atoms with Crippen LogP contribution in [0.15, 0.2) is 30.1 Å². The van der Waals surface area contributed by atoms with Crippen LogP contribution >= 0.6 is 0 Å². The highest BCUT2D eigenvalue weighted by Gasteiger charge is 2.09. The Morgan fingerprint density at radius 1 is 1.35 bits per heavy atom. The standard InChI is InChI=1S/C15H21N5/c1-10(2)5-6-12-19-14(16-8-7-11(3)4)13-15(20-12)18-9-17-13/h7,9H,1,5-6,8H2,2-4H3,(H2,16,17,18,19,20). The SMILES string of the molecule is C=C(C)CCc1nc(NCC=C(C)C)c2[nH]cnc2n1. The van der Waals surface area contributed by atoms with E-state index in [0.717, 1.165) is 42.1 Å². The molecule has 0 atom stereocenters. The average Bonchev–Trinajstić information content (AvgIpc) is 2.84. The Balaban J connectivity index is 2.23. The van der Waals surface area contributed by atoms with E-state index in [4.69, 9.17) is 0 Å². The molecule has 0 saturated heterocycles. The van der Waals surface area contributed by atoms with Crippen LogP contribution in [-0.4, -0.2) is 26.5 Å². The number of nitrogens with one attached hydrogen (secondary N) is 2. The molecule has 2 aromatic heterocycles. The zero-order valence-corrected chi connectivity index (χ0v) is 12.3. The van der Waals surface area contributed by atoms with E-state index in [9.17, 15) is 0 Å². The fourth-order valence-electron chi connectivity index (χ4n) is 1.80. The van der Waals surface area contributed by atoms with Crippen molar-refractivity contribution in [2.75, 3.05) is 11.9 Å². The Morgan fingerprint density at radius 3 is 2.85 bits per heavy atom. The maximum Gasteiger partial charge on any atom is 0.183 e. The van der Waals surface area contributed by atoms with Crippen molar-refractivity contribution >= 4 is 17.0 Å². The van der Waals surface area contributed by atoms with Gasteiger partial charge in [-0.05, 0) is 27.2 Å². The van der Waals surface area contributed by atoms with Gasteiger partial charge in [-0.3, -0.25) is 0 Å². The van der Waals surface area contributed by atoms with Crippen molar-refractivity contribution < 1.29 is 0 Å². The summed E-state index contributed by atoms with van der Waals surface area (Å²) in [5, 5.41) is 3.31. The molecule has 0 unspecified atom stereocenters. The van der Waals surface area contributed by atoms with Gasteiger partial charge in [-0.25, -0.2) is 15.0 Å². The monoisotopic (exact) mass is 271 g/mol. The molecule has 2 heterocycles. The van der Waals surface area contributed by atoms with Crippen molar-refractivity contribution in [1.29, 1.82) is 0 Å². The molecule has 0 aliphatic rings. The fraction of sp³-hybridized carbons (Fsp3) is 0.400. The number of nitrogens with zero attached hydrogens (tertiary/aromatic N) is 3. The first-order valence-corrected chi connectivity index (χ1v) is 6.78. The number of H-pyrrole nitrogens is 1. The second-order valence-electron chi connectivity index (χ2n) is 5.21. The second kappa shape index (κ2) is 6.32. The van der Waals surface area contributed by atoms with Crippen LogP contribution in [0.1, 0.15) is 33.0 Å². The van der Waals surface area contributed by atoms with Gasteiger partial charge in [0.1, 0.15) is 11.3 Å². The first-order chi connectivity index (χ1) is 9.56. The molecule has 5 nitrogen and oxygen atoms in total. The molecule has 20 heavy (non-hydrogen) atoms. The number of imidazole rings is 1. The molecule has 0 aliphatic heterocycles. The van der Waals surface area contributed by atoms with Crippen molar-refractivity contribution in [3.8, 4) is 0 Å². The molecule has 0 bridgehead atoms. The number of aryl methyl sites for hydroxylation is 1. The molecule has 0 amide bonds. The van der Waals surface area contributed by atoms with Gasteiger partial charge in [0.2, 0.25) is 0 Å². The predicted molar refractivity (Wildman–Crippen MR) is 82.7 cm³/mol. The normalized spacial score (nSPS) is 10.6. The highest BCUT2D eigenvalue weighted by Crippen LogP contribution is 2.17. The van der Waals surface area contributed by atoms with Gasteiger partial charge in [0.25, 0.3) is 0 Å². The first kappa shape index (κ1) is 14.2. The van der Waals surface area contributed by atoms with Crippen LogP contribution in [0.3, 0.4) is 0 Å². The zero-order chi connectivity index (χ0) is 14.5. The van der Waals surface area contributed by atoms with Crippen LogP contribution in [-0.2, 0) is 6.42 Å². The summed E-state index contributed by atoms with van der Waals surface area (Å²) in [6, 6.07) is 0. The summed E-state index contributed by atoms with van der Waals surface area (Å²) in [5.41, 5.74) is 3.97. The third kappa shape index (κ3) is 3.66. The second-order valence-corrected chi connectivity index (χ2v) is 5.21. The lowest BCUT2D eigenvalue weighted by molar-refractivity contribution is 0.860. The van der Waals surface area contributed by atoms with Gasteiger partial charge in [0, 0.05) is 13.0 Å². The van der Waals surface area contributed by atoms with Gasteiger partial charge in [-0.1, -0.05) is 17.2 Å². The van der Waals surface area contributed by atoms with Gasteiger partial charge >= 0.3 is 0 Å². The number of hydrogen-bond acceptors (Lipinski definition) is 4. The van der Waals surface area contributed by atoms with Gasteiger partial charge in [-0.2, -0.15) is 0 Å². The quantitative estimate of drug-likeness (QED) is 0.791. The number of fused-ring (bicyclic) bond motifs is 1. The first-order valence-electron chi connectivity index (χ1n) is 6.78. The molecule has 106 valence electrons. The van der Waals surface area contributed by atoms with Gasteiger partial charge < -0.3 is 10.3 Å². The molecule has 0 spiro atoms. The number of anilines is 1. The molecule has 0 aromatic carbocycles. The van der Waals surface area contributed by atoms with Crippen LogP contribution in [0, 0.1) is 0 Å². The Kier molecular flexibility index (Phi) is 4.50. The molecule has 0 saturated carbocycles. The molecule has 2 N–H and O–H groups in total. The van der Waals surface area contributed by atoms with E-state index >= 15 is 0 Å². The van der Waals surface area contributed by atoms with Crippen molar-refractivity contribution in [3.63, 3.8) is 0 Å². The van der Waals surface area contributed by atoms with Gasteiger partial charge in [0.05, 0.1) is 6.33 Å². The molecular formula is C15H21N5. The summed E-state index contributed by atoms with van der Waals surface area (Å²) in [5.74, 6) is 1.61. The third-order valence-corrected chi connectivity index (χ3v) is 2.89. The maximum absolute atomic E-state index is 4.58. The topological polar surface area (TPSA) is 66.5 Å². The Morgan fingerprint density at radius 2 is 2.15 bits per heavy atom. The third-order valence-electron chi connectivity index (χ3n) is 2.89. The Hall–Kier alpha value is -2.17. The van der Waals surface area contributed by atoms with Gasteiger partial charge in [-0.15, -0.1) is 6.58 Å². The molecule has 2 rings (SSSR count). The number of aromatic nitrogens is 4. The smallest absolute Gasteiger partial charge is 0.183 e. The van der Waals surface area contributed by atoms with E-state index in [2.05, 4.69) is 51.8 Å². The summed E-state index contributed by atoms with van der Waals surface area (Å²) >= 11 is 0. The highest BCUT2D eigenvalue weighted by molar-refractivity contribution is 5.82. The number of aromatic amines is 1. The Labute approximate surface area is 119 Å². The molecule has 0 aliphatic carbocycles. The fourth-order valence-corrected chi connectivity index (χ4v) is 1.80. The summed E-state index contributed by atoms with van der Waals surface area (Å²) in [6.45, 7) is 10.8. The van der Waals surface area contributed by atoms with E-state index in [1.807, 2.05) is 6.92 Å². The summed E-state index contributed by atoms with van der Waals surface area (Å²) in [6.07, 6.45) is 5.45. The predicted octanol–water partition coefficient (Wildman–Crippen LogP) is 3.24. The highest BCUT2D eigenvalue weighted by atomic mass is 15.1. The molecule has 5 heteroatoms. The number of allylic oxidation sites excluding steroid dienone is 2. The number of hydrogen-bond donors (Lipinski definition) is 2. The largest absolute Gasteiger partial charge is 0.365 e. The van der Waals surface area contributed by atoms with Gasteiger partial charge in [0.15, 0.2) is 11.5 Å². The van der Waals surface area contributed by atoms with E-state index < -0.39 is 0 Å². The zero-order valence-electron chi connectivity index (χ0n) is 12.3. The molecular weight excluding hydrogens is 250 g/mol. The van der Waals surface area contributed by atoms with Crippen LogP contribution in [0.2, 0.25) is 0 Å². The molecule has 2 aromatic rings. The Bertz CT molecular complexity index is 635. The lowest BCUT2D eigenvalue weighted by Crippen LogP contribution is -2.06. The van der Waals surface area contributed by atoms with Crippen LogP contribution in [0.25, 0.3) is 11.2 Å². The average molecular weight is 271 g/mol. The van der Waals surface area contributed by atoms with E-state index in [-0.39, 0.29) is 0 Å². The van der Waals surface area contributed by atoms with Crippen LogP contribution in [0.4, 0.5) is 5.82 Å². The lowest BCUT2D eigenvalue weighted by atomic mass is 10.2.